The van der Waals surface area contributed by atoms with Crippen molar-refractivity contribution in [1.29, 1.82) is 0 Å². The van der Waals surface area contributed by atoms with E-state index in [1.54, 1.807) is 7.11 Å². The van der Waals surface area contributed by atoms with E-state index in [0.29, 0.717) is 12.0 Å². The molecule has 1 fully saturated rings. The molecule has 1 atom stereocenters. The van der Waals surface area contributed by atoms with E-state index in [9.17, 15) is 0 Å². The molecule has 0 heterocycles. The molecule has 1 aliphatic carbocycles. The Morgan fingerprint density at radius 1 is 1.35 bits per heavy atom. The van der Waals surface area contributed by atoms with Gasteiger partial charge in [0, 0.05) is 26.2 Å². The van der Waals surface area contributed by atoms with Crippen LogP contribution in [-0.4, -0.2) is 44.3 Å². The Morgan fingerprint density at radius 3 is 2.41 bits per heavy atom. The number of methoxy groups -OCH3 is 1. The first-order valence-corrected chi connectivity index (χ1v) is 6.91. The minimum absolute atomic E-state index is 0.220. The summed E-state index contributed by atoms with van der Waals surface area (Å²) < 4.78 is 5.32. The first kappa shape index (κ1) is 14.9. The SMILES string of the molecule is COC(CN)CCN(C)C1CCC(C)(C)CC1. The molecule has 1 saturated carbocycles. The molecule has 0 radical (unpaired) electrons. The fourth-order valence-electron chi connectivity index (χ4n) is 2.69. The van der Waals surface area contributed by atoms with Gasteiger partial charge < -0.3 is 15.4 Å². The molecule has 0 saturated heterocycles. The van der Waals surface area contributed by atoms with Crippen LogP contribution < -0.4 is 5.73 Å². The molecule has 0 aromatic rings. The molecule has 1 unspecified atom stereocenters. The maximum Gasteiger partial charge on any atom is 0.0705 e. The number of nitrogens with zero attached hydrogens (tertiary/aromatic N) is 1. The van der Waals surface area contributed by atoms with E-state index >= 15 is 0 Å². The molecule has 3 heteroatoms. The van der Waals surface area contributed by atoms with Crippen molar-refractivity contribution in [2.24, 2.45) is 11.1 Å². The first-order valence-electron chi connectivity index (χ1n) is 6.91. The van der Waals surface area contributed by atoms with Crippen LogP contribution in [0.5, 0.6) is 0 Å². The minimum atomic E-state index is 0.220. The molecular formula is C14H30N2O. The predicted octanol–water partition coefficient (Wildman–Crippen LogP) is 2.25. The zero-order chi connectivity index (χ0) is 12.9. The van der Waals surface area contributed by atoms with Crippen LogP contribution in [0, 0.1) is 5.41 Å². The molecule has 0 aromatic heterocycles. The summed E-state index contributed by atoms with van der Waals surface area (Å²) in [4.78, 5) is 2.50. The van der Waals surface area contributed by atoms with E-state index in [1.807, 2.05) is 0 Å². The van der Waals surface area contributed by atoms with E-state index in [1.165, 1.54) is 25.7 Å². The van der Waals surface area contributed by atoms with E-state index in [2.05, 4.69) is 25.8 Å². The topological polar surface area (TPSA) is 38.5 Å². The fraction of sp³-hybridized carbons (Fsp3) is 1.00. The van der Waals surface area contributed by atoms with Gasteiger partial charge in [-0.05, 0) is 44.6 Å². The second-order valence-electron chi connectivity index (χ2n) is 6.26. The van der Waals surface area contributed by atoms with Crippen LogP contribution in [0.15, 0.2) is 0 Å². The third-order valence-corrected chi connectivity index (χ3v) is 4.33. The van der Waals surface area contributed by atoms with E-state index in [-0.39, 0.29) is 6.10 Å². The van der Waals surface area contributed by atoms with Crippen LogP contribution >= 0.6 is 0 Å². The molecule has 3 nitrogen and oxygen atoms in total. The molecular weight excluding hydrogens is 212 g/mol. The summed E-state index contributed by atoms with van der Waals surface area (Å²) in [6.07, 6.45) is 6.65. The number of nitrogens with two attached hydrogens (primary N) is 1. The normalized spacial score (nSPS) is 22.9. The van der Waals surface area contributed by atoms with Gasteiger partial charge in [-0.3, -0.25) is 0 Å². The number of ether oxygens (including phenoxy) is 1. The summed E-state index contributed by atoms with van der Waals surface area (Å²) in [7, 11) is 3.99. The maximum atomic E-state index is 5.64. The molecule has 0 aliphatic heterocycles. The lowest BCUT2D eigenvalue weighted by atomic mass is 9.75. The van der Waals surface area contributed by atoms with E-state index in [0.717, 1.165) is 19.0 Å². The second-order valence-corrected chi connectivity index (χ2v) is 6.26. The molecule has 1 aliphatic rings. The molecule has 0 amide bonds. The van der Waals surface area contributed by atoms with Crippen molar-refractivity contribution in [3.8, 4) is 0 Å². The smallest absolute Gasteiger partial charge is 0.0705 e. The highest BCUT2D eigenvalue weighted by atomic mass is 16.5. The Bertz CT molecular complexity index is 204. The van der Waals surface area contributed by atoms with Crippen LogP contribution in [0.2, 0.25) is 0 Å². The fourth-order valence-corrected chi connectivity index (χ4v) is 2.69. The number of rotatable bonds is 6. The van der Waals surface area contributed by atoms with Crippen molar-refractivity contribution < 1.29 is 4.74 Å². The second kappa shape index (κ2) is 6.72. The summed E-state index contributed by atoms with van der Waals surface area (Å²) in [6.45, 7) is 6.50. The highest BCUT2D eigenvalue weighted by Crippen LogP contribution is 2.36. The van der Waals surface area contributed by atoms with Crippen molar-refractivity contribution >= 4 is 0 Å². The van der Waals surface area contributed by atoms with E-state index < -0.39 is 0 Å². The summed E-state index contributed by atoms with van der Waals surface area (Å²) in [5, 5.41) is 0. The van der Waals surface area contributed by atoms with Gasteiger partial charge >= 0.3 is 0 Å². The summed E-state index contributed by atoms with van der Waals surface area (Å²) >= 11 is 0. The summed E-state index contributed by atoms with van der Waals surface area (Å²) in [5.74, 6) is 0. The third kappa shape index (κ3) is 4.94. The average Bonchev–Trinajstić information content (AvgIpc) is 2.30. The number of hydrogen-bond acceptors (Lipinski definition) is 3. The molecule has 102 valence electrons. The van der Waals surface area contributed by atoms with Crippen LogP contribution in [0.3, 0.4) is 0 Å². The Hall–Kier alpha value is -0.120. The Balaban J connectivity index is 2.27. The van der Waals surface area contributed by atoms with Gasteiger partial charge in [0.2, 0.25) is 0 Å². The monoisotopic (exact) mass is 242 g/mol. The minimum Gasteiger partial charge on any atom is -0.380 e. The van der Waals surface area contributed by atoms with E-state index in [4.69, 9.17) is 10.5 Å². The van der Waals surface area contributed by atoms with Gasteiger partial charge in [-0.25, -0.2) is 0 Å². The molecule has 2 N–H and O–H groups in total. The zero-order valence-corrected chi connectivity index (χ0v) is 12.0. The number of hydrogen-bond donors (Lipinski definition) is 1. The zero-order valence-electron chi connectivity index (χ0n) is 12.0. The Kier molecular flexibility index (Phi) is 5.90. The molecule has 0 aromatic carbocycles. The lowest BCUT2D eigenvalue weighted by Crippen LogP contribution is -2.39. The van der Waals surface area contributed by atoms with Crippen molar-refractivity contribution in [3.63, 3.8) is 0 Å². The summed E-state index contributed by atoms with van der Waals surface area (Å²) in [5.41, 5.74) is 6.20. The van der Waals surface area contributed by atoms with Crippen LogP contribution in [-0.2, 0) is 4.74 Å². The molecule has 0 bridgehead atoms. The van der Waals surface area contributed by atoms with Crippen molar-refractivity contribution in [3.05, 3.63) is 0 Å². The third-order valence-electron chi connectivity index (χ3n) is 4.33. The van der Waals surface area contributed by atoms with Gasteiger partial charge in [0.15, 0.2) is 0 Å². The Labute approximate surface area is 107 Å². The molecule has 0 spiro atoms. The Morgan fingerprint density at radius 2 is 1.94 bits per heavy atom. The highest BCUT2D eigenvalue weighted by Gasteiger charge is 2.28. The van der Waals surface area contributed by atoms with Gasteiger partial charge in [0.05, 0.1) is 6.10 Å². The lowest BCUT2D eigenvalue weighted by molar-refractivity contribution is 0.0748. The molecule has 1 rings (SSSR count). The predicted molar refractivity (Wildman–Crippen MR) is 73.1 cm³/mol. The standard InChI is InChI=1S/C14H30N2O/c1-14(2)8-5-12(6-9-14)16(3)10-7-13(11-15)17-4/h12-13H,5-11,15H2,1-4H3. The van der Waals surface area contributed by atoms with Gasteiger partial charge in [0.25, 0.3) is 0 Å². The highest BCUT2D eigenvalue weighted by molar-refractivity contribution is 4.83. The van der Waals surface area contributed by atoms with Crippen LogP contribution in [0.1, 0.15) is 46.0 Å². The molecule has 17 heavy (non-hydrogen) atoms. The van der Waals surface area contributed by atoms with Gasteiger partial charge in [-0.1, -0.05) is 13.8 Å². The largest absolute Gasteiger partial charge is 0.380 e. The van der Waals surface area contributed by atoms with Gasteiger partial charge in [-0.2, -0.15) is 0 Å². The quantitative estimate of drug-likeness (QED) is 0.776. The van der Waals surface area contributed by atoms with Crippen LogP contribution in [0.4, 0.5) is 0 Å². The first-order chi connectivity index (χ1) is 7.98. The van der Waals surface area contributed by atoms with Crippen molar-refractivity contribution in [2.45, 2.75) is 58.1 Å². The van der Waals surface area contributed by atoms with Crippen molar-refractivity contribution in [1.82, 2.24) is 4.90 Å². The van der Waals surface area contributed by atoms with Gasteiger partial charge in [0.1, 0.15) is 0 Å². The van der Waals surface area contributed by atoms with Crippen molar-refractivity contribution in [2.75, 3.05) is 27.2 Å². The maximum absolute atomic E-state index is 5.64. The summed E-state index contributed by atoms with van der Waals surface area (Å²) in [6, 6.07) is 0.762. The van der Waals surface area contributed by atoms with Gasteiger partial charge in [-0.15, -0.1) is 0 Å². The van der Waals surface area contributed by atoms with Crippen LogP contribution in [0.25, 0.3) is 0 Å². The lowest BCUT2D eigenvalue weighted by Gasteiger charge is -2.39. The average molecular weight is 242 g/mol.